The Labute approximate surface area is 140 Å². The Kier molecular flexibility index (Phi) is 4.96. The van der Waals surface area contributed by atoms with Crippen LogP contribution >= 0.6 is 11.6 Å². The monoisotopic (exact) mass is 339 g/mol. The van der Waals surface area contributed by atoms with E-state index in [0.717, 1.165) is 32.7 Å². The highest BCUT2D eigenvalue weighted by molar-refractivity contribution is 6.31. The molecule has 1 aromatic rings. The minimum Gasteiger partial charge on any atom is -0.391 e. The summed E-state index contributed by atoms with van der Waals surface area (Å²) in [5.41, 5.74) is 0.555. The van der Waals surface area contributed by atoms with E-state index in [-0.39, 0.29) is 30.9 Å². The van der Waals surface area contributed by atoms with Gasteiger partial charge >= 0.3 is 0 Å². The van der Waals surface area contributed by atoms with Gasteiger partial charge in [0.15, 0.2) is 6.04 Å². The van der Waals surface area contributed by atoms with E-state index >= 15 is 0 Å². The highest BCUT2D eigenvalue weighted by Crippen LogP contribution is 2.24. The van der Waals surface area contributed by atoms with E-state index in [1.165, 1.54) is 14.7 Å². The first-order valence-corrected chi connectivity index (χ1v) is 8.39. The Balaban J connectivity index is 1.70. The summed E-state index contributed by atoms with van der Waals surface area (Å²) in [7, 11) is 0. The highest BCUT2D eigenvalue weighted by Gasteiger charge is 2.46. The van der Waals surface area contributed by atoms with Crippen molar-refractivity contribution < 1.29 is 24.5 Å². The maximum atomic E-state index is 12.7. The first-order chi connectivity index (χ1) is 11.1. The molecule has 2 saturated heterocycles. The van der Waals surface area contributed by atoms with Gasteiger partial charge in [-0.15, -0.1) is 0 Å². The summed E-state index contributed by atoms with van der Waals surface area (Å²) in [4.78, 5) is 28.9. The van der Waals surface area contributed by atoms with Gasteiger partial charge in [0.1, 0.15) is 32.7 Å². The van der Waals surface area contributed by atoms with Crippen LogP contribution in [0.5, 0.6) is 0 Å². The van der Waals surface area contributed by atoms with Crippen LogP contribution < -0.4 is 14.7 Å². The van der Waals surface area contributed by atoms with Gasteiger partial charge in [0.05, 0.1) is 18.7 Å². The van der Waals surface area contributed by atoms with Crippen LogP contribution in [-0.2, 0) is 9.59 Å². The standard InChI is InChI=1S/C16H20ClN3O3/c17-12-2-1-3-13(10-12)20-15(22)11-14(16(20)23)19-6-4-18(5-7-19)8-9-21/h1-3,10,14,21H,4-9,11H2/p+2/t14-/m1/s1. The van der Waals surface area contributed by atoms with Crippen molar-refractivity contribution in [3.05, 3.63) is 29.3 Å². The molecule has 2 aliphatic heterocycles. The normalized spacial score (nSPS) is 28.4. The Morgan fingerprint density at radius 3 is 2.61 bits per heavy atom. The molecule has 0 bridgehead atoms. The second-order valence-corrected chi connectivity index (χ2v) is 6.62. The Bertz CT molecular complexity index is 602. The van der Waals surface area contributed by atoms with Gasteiger partial charge in [-0.1, -0.05) is 17.7 Å². The van der Waals surface area contributed by atoms with Crippen LogP contribution in [0.15, 0.2) is 24.3 Å². The molecule has 1 atom stereocenters. The van der Waals surface area contributed by atoms with Gasteiger partial charge in [0.25, 0.3) is 5.91 Å². The predicted octanol–water partition coefficient (Wildman–Crippen LogP) is -2.25. The lowest BCUT2D eigenvalue weighted by molar-refractivity contribution is -1.02. The number of nitrogens with zero attached hydrogens (tertiary/aromatic N) is 1. The van der Waals surface area contributed by atoms with Gasteiger partial charge in [-0.3, -0.25) is 9.59 Å². The van der Waals surface area contributed by atoms with E-state index in [9.17, 15) is 9.59 Å². The number of hydrogen-bond acceptors (Lipinski definition) is 3. The second kappa shape index (κ2) is 6.97. The summed E-state index contributed by atoms with van der Waals surface area (Å²) in [5, 5.41) is 9.53. The molecule has 0 aliphatic carbocycles. The minimum absolute atomic E-state index is 0.127. The Morgan fingerprint density at radius 1 is 1.22 bits per heavy atom. The molecule has 3 rings (SSSR count). The lowest BCUT2D eigenvalue weighted by Crippen LogP contribution is -3.30. The van der Waals surface area contributed by atoms with Crippen LogP contribution in [0.3, 0.4) is 0 Å². The lowest BCUT2D eigenvalue weighted by atomic mass is 10.1. The maximum Gasteiger partial charge on any atom is 0.292 e. The molecule has 2 aliphatic rings. The van der Waals surface area contributed by atoms with Crippen molar-refractivity contribution in [1.29, 1.82) is 0 Å². The second-order valence-electron chi connectivity index (χ2n) is 6.19. The highest BCUT2D eigenvalue weighted by atomic mass is 35.5. The van der Waals surface area contributed by atoms with E-state index in [0.29, 0.717) is 10.7 Å². The summed E-state index contributed by atoms with van der Waals surface area (Å²) in [5.74, 6) is -0.280. The molecular formula is C16H22ClN3O3+2. The third kappa shape index (κ3) is 3.40. The van der Waals surface area contributed by atoms with E-state index in [4.69, 9.17) is 16.7 Å². The largest absolute Gasteiger partial charge is 0.391 e. The summed E-state index contributed by atoms with van der Waals surface area (Å²) in [6.45, 7) is 4.48. The molecule has 6 nitrogen and oxygen atoms in total. The topological polar surface area (TPSA) is 66.5 Å². The molecule has 23 heavy (non-hydrogen) atoms. The maximum absolute atomic E-state index is 12.7. The summed E-state index contributed by atoms with van der Waals surface area (Å²) < 4.78 is 0. The van der Waals surface area contributed by atoms with Crippen LogP contribution in [0.25, 0.3) is 0 Å². The zero-order chi connectivity index (χ0) is 16.4. The minimum atomic E-state index is -0.294. The van der Waals surface area contributed by atoms with Crippen molar-refractivity contribution in [2.45, 2.75) is 12.5 Å². The number of halogens is 1. The third-order valence-electron chi connectivity index (χ3n) is 4.77. The molecule has 0 saturated carbocycles. The van der Waals surface area contributed by atoms with Crippen LogP contribution in [0.4, 0.5) is 5.69 Å². The van der Waals surface area contributed by atoms with Gasteiger partial charge in [-0.05, 0) is 18.2 Å². The number of aliphatic hydroxyl groups is 1. The van der Waals surface area contributed by atoms with Gasteiger partial charge in [-0.25, -0.2) is 4.90 Å². The number of carbonyl (C=O) groups is 2. The van der Waals surface area contributed by atoms with E-state index in [1.807, 2.05) is 0 Å². The van der Waals surface area contributed by atoms with Crippen LogP contribution in [-0.4, -0.2) is 62.3 Å². The van der Waals surface area contributed by atoms with Crippen molar-refractivity contribution in [2.75, 3.05) is 44.2 Å². The number of aliphatic hydroxyl groups excluding tert-OH is 1. The first-order valence-electron chi connectivity index (χ1n) is 8.01. The summed E-state index contributed by atoms with van der Waals surface area (Å²) in [6.07, 6.45) is 0.260. The number of rotatable bonds is 4. The molecule has 2 fully saturated rings. The molecule has 124 valence electrons. The number of carbonyl (C=O) groups excluding carboxylic acids is 2. The first kappa shape index (κ1) is 16.4. The smallest absolute Gasteiger partial charge is 0.292 e. The zero-order valence-corrected chi connectivity index (χ0v) is 13.7. The third-order valence-corrected chi connectivity index (χ3v) is 5.01. The predicted molar refractivity (Wildman–Crippen MR) is 85.7 cm³/mol. The van der Waals surface area contributed by atoms with Crippen LogP contribution in [0, 0.1) is 0 Å². The van der Waals surface area contributed by atoms with Crippen molar-refractivity contribution in [1.82, 2.24) is 0 Å². The molecular weight excluding hydrogens is 318 g/mol. The number of hydrogen-bond donors (Lipinski definition) is 3. The molecule has 2 amide bonds. The van der Waals surface area contributed by atoms with Crippen molar-refractivity contribution in [3.8, 4) is 0 Å². The Hall–Kier alpha value is -1.47. The zero-order valence-electron chi connectivity index (χ0n) is 12.9. The number of imide groups is 1. The summed E-state index contributed by atoms with van der Waals surface area (Å²) in [6, 6.07) is 6.57. The quantitative estimate of drug-likeness (QED) is 0.543. The van der Waals surface area contributed by atoms with Crippen molar-refractivity contribution in [2.24, 2.45) is 0 Å². The molecule has 1 aromatic carbocycles. The number of quaternary nitrogens is 2. The average molecular weight is 340 g/mol. The van der Waals surface area contributed by atoms with E-state index in [1.54, 1.807) is 24.3 Å². The van der Waals surface area contributed by atoms with Gasteiger partial charge in [0, 0.05) is 5.02 Å². The SMILES string of the molecule is O=C1C[C@@H]([NH+]2CC[NH+](CCO)CC2)C(=O)N1c1cccc(Cl)c1. The number of anilines is 1. The Morgan fingerprint density at radius 2 is 1.96 bits per heavy atom. The number of nitrogens with one attached hydrogen (secondary N) is 2. The molecule has 2 heterocycles. The molecule has 7 heteroatoms. The fourth-order valence-corrected chi connectivity index (χ4v) is 3.70. The molecule has 0 aromatic heterocycles. The van der Waals surface area contributed by atoms with E-state index < -0.39 is 0 Å². The fraction of sp³-hybridized carbons (Fsp3) is 0.500. The molecule has 0 radical (unpaired) electrons. The van der Waals surface area contributed by atoms with E-state index in [2.05, 4.69) is 0 Å². The molecule has 0 spiro atoms. The van der Waals surface area contributed by atoms with Crippen LogP contribution in [0.2, 0.25) is 5.02 Å². The average Bonchev–Trinajstić information content (AvgIpc) is 2.83. The number of benzene rings is 1. The lowest BCUT2D eigenvalue weighted by Gasteiger charge is -2.31. The van der Waals surface area contributed by atoms with Crippen molar-refractivity contribution >= 4 is 29.1 Å². The molecule has 3 N–H and O–H groups in total. The number of amides is 2. The summed E-state index contributed by atoms with van der Waals surface area (Å²) >= 11 is 5.97. The van der Waals surface area contributed by atoms with Gasteiger partial charge in [0.2, 0.25) is 5.91 Å². The number of piperazine rings is 1. The van der Waals surface area contributed by atoms with Crippen LogP contribution in [0.1, 0.15) is 6.42 Å². The van der Waals surface area contributed by atoms with Gasteiger partial charge < -0.3 is 14.9 Å². The molecule has 0 unspecified atom stereocenters. The van der Waals surface area contributed by atoms with Crippen molar-refractivity contribution in [3.63, 3.8) is 0 Å². The van der Waals surface area contributed by atoms with Gasteiger partial charge in [-0.2, -0.15) is 0 Å². The fourth-order valence-electron chi connectivity index (χ4n) is 3.52.